The highest BCUT2D eigenvalue weighted by molar-refractivity contribution is 8.19. The van der Waals surface area contributed by atoms with Crippen LogP contribution in [0.2, 0.25) is 0 Å². The Kier molecular flexibility index (Phi) is 4.92. The van der Waals surface area contributed by atoms with Gasteiger partial charge in [-0.3, -0.25) is 9.59 Å². The molecule has 1 saturated heterocycles. The van der Waals surface area contributed by atoms with Gasteiger partial charge in [0.1, 0.15) is 0 Å². The summed E-state index contributed by atoms with van der Waals surface area (Å²) in [6.07, 6.45) is 1.83. The van der Waals surface area contributed by atoms with Crippen molar-refractivity contribution in [3.8, 4) is 0 Å². The molecule has 140 valence electrons. The van der Waals surface area contributed by atoms with Crippen LogP contribution < -0.4 is 4.90 Å². The first-order chi connectivity index (χ1) is 13.5. The fraction of sp³-hybridized carbons (Fsp3) is 0.130. The van der Waals surface area contributed by atoms with Gasteiger partial charge in [0, 0.05) is 17.9 Å². The Morgan fingerprint density at radius 2 is 1.57 bits per heavy atom. The number of aromatic nitrogens is 1. The minimum atomic E-state index is -0.269. The number of hydrogen-bond donors (Lipinski definition) is 0. The van der Waals surface area contributed by atoms with Crippen molar-refractivity contribution >= 4 is 34.7 Å². The van der Waals surface area contributed by atoms with Gasteiger partial charge in [-0.2, -0.15) is 0 Å². The number of thioether (sulfide) groups is 1. The van der Waals surface area contributed by atoms with Crippen LogP contribution in [0.15, 0.2) is 71.6 Å². The minimum absolute atomic E-state index is 0.263. The van der Waals surface area contributed by atoms with Crippen LogP contribution in [0, 0.1) is 13.8 Å². The number of amides is 2. The number of anilines is 1. The number of carbonyl (C=O) groups excluding carboxylic acids is 2. The largest absolute Gasteiger partial charge is 0.344 e. The average Bonchev–Trinajstić information content (AvgIpc) is 3.13. The number of aryl methyl sites for hydroxylation is 1. The molecule has 0 N–H and O–H groups in total. The van der Waals surface area contributed by atoms with Gasteiger partial charge in [0.05, 0.1) is 10.6 Å². The highest BCUT2D eigenvalue weighted by atomic mass is 32.2. The van der Waals surface area contributed by atoms with Crippen LogP contribution in [0.5, 0.6) is 0 Å². The number of nitrogens with zero attached hydrogens (tertiary/aromatic N) is 2. The van der Waals surface area contributed by atoms with Gasteiger partial charge >= 0.3 is 0 Å². The molecule has 0 spiro atoms. The Bertz CT molecular complexity index is 1070. The Morgan fingerprint density at radius 3 is 2.25 bits per heavy atom. The summed E-state index contributed by atoms with van der Waals surface area (Å²) in [5.74, 6) is -0.269. The van der Waals surface area contributed by atoms with Crippen molar-refractivity contribution < 1.29 is 9.59 Å². The quantitative estimate of drug-likeness (QED) is 0.563. The molecule has 4 rings (SSSR count). The van der Waals surface area contributed by atoms with E-state index < -0.39 is 0 Å². The molecule has 1 aromatic heterocycles. The third-order valence-electron chi connectivity index (χ3n) is 4.89. The fourth-order valence-electron chi connectivity index (χ4n) is 3.39. The smallest absolute Gasteiger partial charge is 0.298 e. The van der Waals surface area contributed by atoms with E-state index in [0.29, 0.717) is 10.6 Å². The molecule has 0 atom stereocenters. The lowest BCUT2D eigenvalue weighted by atomic mass is 10.2. The maximum absolute atomic E-state index is 12.8. The maximum atomic E-state index is 12.8. The number of para-hydroxylation sites is 1. The van der Waals surface area contributed by atoms with Crippen molar-refractivity contribution in [3.05, 3.63) is 94.1 Å². The summed E-state index contributed by atoms with van der Waals surface area (Å²) in [5.41, 5.74) is 4.98. The molecule has 4 nitrogen and oxygen atoms in total. The topological polar surface area (TPSA) is 42.3 Å². The standard InChI is InChI=1S/C23H20N2O2S/c1-16-13-19(17(2)24(16)15-18-9-5-3-6-10-18)14-21-22(26)25(23(27)28-21)20-11-7-4-8-12-20/h3-14H,15H2,1-2H3. The Morgan fingerprint density at radius 1 is 0.929 bits per heavy atom. The molecule has 2 amide bonds. The molecule has 1 fully saturated rings. The molecule has 2 aromatic carbocycles. The predicted molar refractivity (Wildman–Crippen MR) is 114 cm³/mol. The third kappa shape index (κ3) is 3.41. The second kappa shape index (κ2) is 7.52. The van der Waals surface area contributed by atoms with Crippen LogP contribution in [0.1, 0.15) is 22.5 Å². The van der Waals surface area contributed by atoms with Gasteiger partial charge in [0.2, 0.25) is 0 Å². The lowest BCUT2D eigenvalue weighted by Gasteiger charge is -2.11. The first-order valence-corrected chi connectivity index (χ1v) is 9.90. The summed E-state index contributed by atoms with van der Waals surface area (Å²) >= 11 is 0.989. The first kappa shape index (κ1) is 18.3. The third-order valence-corrected chi connectivity index (χ3v) is 5.76. The number of carbonyl (C=O) groups is 2. The van der Waals surface area contributed by atoms with E-state index in [2.05, 4.69) is 29.7 Å². The van der Waals surface area contributed by atoms with Gasteiger partial charge in [-0.05, 0) is 61.0 Å². The first-order valence-electron chi connectivity index (χ1n) is 9.08. The summed E-state index contributed by atoms with van der Waals surface area (Å²) < 4.78 is 2.22. The van der Waals surface area contributed by atoms with Crippen molar-refractivity contribution in [2.45, 2.75) is 20.4 Å². The Labute approximate surface area is 168 Å². The predicted octanol–water partition coefficient (Wildman–Crippen LogP) is 5.39. The maximum Gasteiger partial charge on any atom is 0.298 e. The molecule has 28 heavy (non-hydrogen) atoms. The van der Waals surface area contributed by atoms with Crippen molar-refractivity contribution in [2.75, 3.05) is 4.90 Å². The van der Waals surface area contributed by atoms with Gasteiger partial charge in [0.15, 0.2) is 0 Å². The molecule has 0 aliphatic carbocycles. The van der Waals surface area contributed by atoms with Crippen LogP contribution in [0.25, 0.3) is 6.08 Å². The van der Waals surface area contributed by atoms with E-state index in [9.17, 15) is 9.59 Å². The lowest BCUT2D eigenvalue weighted by Crippen LogP contribution is -2.27. The molecule has 0 radical (unpaired) electrons. The van der Waals surface area contributed by atoms with Crippen LogP contribution >= 0.6 is 11.8 Å². The molecule has 0 unspecified atom stereocenters. The van der Waals surface area contributed by atoms with E-state index >= 15 is 0 Å². The molecule has 1 aliphatic heterocycles. The summed E-state index contributed by atoms with van der Waals surface area (Å²) in [6.45, 7) is 4.88. The van der Waals surface area contributed by atoms with Crippen LogP contribution in [0.3, 0.4) is 0 Å². The molecule has 2 heterocycles. The van der Waals surface area contributed by atoms with Gasteiger partial charge < -0.3 is 4.57 Å². The van der Waals surface area contributed by atoms with Crippen LogP contribution in [0.4, 0.5) is 10.5 Å². The van der Waals surface area contributed by atoms with Gasteiger partial charge in [-0.1, -0.05) is 48.5 Å². The van der Waals surface area contributed by atoms with Gasteiger partial charge in [-0.25, -0.2) is 4.90 Å². The summed E-state index contributed by atoms with van der Waals surface area (Å²) in [5, 5.41) is -0.263. The van der Waals surface area contributed by atoms with Gasteiger partial charge in [0.25, 0.3) is 11.1 Å². The molecular formula is C23H20N2O2S. The summed E-state index contributed by atoms with van der Waals surface area (Å²) in [6, 6.07) is 21.4. The molecule has 3 aromatic rings. The van der Waals surface area contributed by atoms with Crippen LogP contribution in [-0.2, 0) is 11.3 Å². The average molecular weight is 388 g/mol. The van der Waals surface area contributed by atoms with Gasteiger partial charge in [-0.15, -0.1) is 0 Å². The summed E-state index contributed by atoms with van der Waals surface area (Å²) in [7, 11) is 0. The minimum Gasteiger partial charge on any atom is -0.344 e. The highest BCUT2D eigenvalue weighted by Crippen LogP contribution is 2.36. The normalized spacial score (nSPS) is 15.6. The number of imide groups is 1. The molecule has 1 aliphatic rings. The second-order valence-corrected chi connectivity index (χ2v) is 7.74. The van der Waals surface area contributed by atoms with Crippen molar-refractivity contribution in [1.29, 1.82) is 0 Å². The number of benzene rings is 2. The zero-order valence-corrected chi connectivity index (χ0v) is 16.6. The van der Waals surface area contributed by atoms with E-state index in [0.717, 1.165) is 35.3 Å². The SMILES string of the molecule is Cc1cc(C=C2SC(=O)N(c3ccccc3)C2=O)c(C)n1Cc1ccccc1. The van der Waals surface area contributed by atoms with Crippen molar-refractivity contribution in [2.24, 2.45) is 0 Å². The number of rotatable bonds is 4. The monoisotopic (exact) mass is 388 g/mol. The summed E-state index contributed by atoms with van der Waals surface area (Å²) in [4.78, 5) is 26.9. The Balaban J connectivity index is 1.64. The molecular weight excluding hydrogens is 368 g/mol. The lowest BCUT2D eigenvalue weighted by molar-refractivity contribution is -0.113. The molecule has 0 bridgehead atoms. The van der Waals surface area contributed by atoms with E-state index in [1.54, 1.807) is 12.1 Å². The van der Waals surface area contributed by atoms with E-state index in [1.807, 2.05) is 49.4 Å². The molecule has 5 heteroatoms. The van der Waals surface area contributed by atoms with E-state index in [1.165, 1.54) is 10.5 Å². The van der Waals surface area contributed by atoms with Crippen LogP contribution in [-0.4, -0.2) is 15.7 Å². The Hall–Kier alpha value is -3.05. The van der Waals surface area contributed by atoms with Crippen molar-refractivity contribution in [3.63, 3.8) is 0 Å². The zero-order valence-electron chi connectivity index (χ0n) is 15.8. The van der Waals surface area contributed by atoms with E-state index in [-0.39, 0.29) is 11.1 Å². The fourth-order valence-corrected chi connectivity index (χ4v) is 4.22. The second-order valence-electron chi connectivity index (χ2n) is 6.75. The number of hydrogen-bond acceptors (Lipinski definition) is 3. The van der Waals surface area contributed by atoms with E-state index in [4.69, 9.17) is 0 Å². The van der Waals surface area contributed by atoms with Crippen molar-refractivity contribution in [1.82, 2.24) is 4.57 Å². The highest BCUT2D eigenvalue weighted by Gasteiger charge is 2.36. The zero-order chi connectivity index (χ0) is 19.7. The molecule has 0 saturated carbocycles.